The third-order valence-electron chi connectivity index (χ3n) is 8.22. The molecule has 4 saturated heterocycles. The van der Waals surface area contributed by atoms with Crippen LogP contribution in [0.4, 0.5) is 0 Å². The first kappa shape index (κ1) is 37.0. The molecular formula is C24H42O21. The molecule has 0 aliphatic carbocycles. The highest BCUT2D eigenvalue weighted by Crippen LogP contribution is 2.34. The van der Waals surface area contributed by atoms with Crippen molar-refractivity contribution >= 4 is 0 Å². The average molecular weight is 667 g/mol. The second kappa shape index (κ2) is 15.6. The van der Waals surface area contributed by atoms with E-state index in [0.29, 0.717) is 0 Å². The van der Waals surface area contributed by atoms with Crippen molar-refractivity contribution in [2.24, 2.45) is 0 Å². The van der Waals surface area contributed by atoms with Gasteiger partial charge in [0, 0.05) is 0 Å². The number of rotatable bonds is 10. The first-order valence-electron chi connectivity index (χ1n) is 14.1. The van der Waals surface area contributed by atoms with Crippen LogP contribution in [-0.2, 0) is 33.2 Å². The van der Waals surface area contributed by atoms with Gasteiger partial charge in [-0.3, -0.25) is 0 Å². The number of aliphatic hydroxyl groups excluding tert-OH is 14. The number of hydrogen-bond donors (Lipinski definition) is 14. The maximum Gasteiger partial charge on any atom is 0.187 e. The molecule has 4 rings (SSSR count). The van der Waals surface area contributed by atoms with Crippen molar-refractivity contribution in [1.82, 2.24) is 0 Å². The first-order chi connectivity index (χ1) is 21.3. The Morgan fingerprint density at radius 2 is 0.667 bits per heavy atom. The summed E-state index contributed by atoms with van der Waals surface area (Å²) in [7, 11) is 0. The molecule has 0 radical (unpaired) electrons. The Morgan fingerprint density at radius 3 is 0.978 bits per heavy atom. The summed E-state index contributed by atoms with van der Waals surface area (Å²) < 4.78 is 37.6. The van der Waals surface area contributed by atoms with Gasteiger partial charge in [0.1, 0.15) is 97.7 Å². The smallest absolute Gasteiger partial charge is 0.187 e. The largest absolute Gasteiger partial charge is 0.394 e. The van der Waals surface area contributed by atoms with Crippen LogP contribution in [0.5, 0.6) is 0 Å². The topological polar surface area (TPSA) is 348 Å². The zero-order chi connectivity index (χ0) is 33.3. The van der Waals surface area contributed by atoms with E-state index in [9.17, 15) is 71.5 Å². The summed E-state index contributed by atoms with van der Waals surface area (Å²) in [6.45, 7) is -3.47. The monoisotopic (exact) mass is 666 g/mol. The summed E-state index contributed by atoms with van der Waals surface area (Å²) in [6.07, 6.45) is -36.1. The highest BCUT2D eigenvalue weighted by atomic mass is 16.7. The Balaban J connectivity index is 1.55. The normalized spacial score (nSPS) is 52.9. The van der Waals surface area contributed by atoms with E-state index < -0.39 is 149 Å². The van der Waals surface area contributed by atoms with Gasteiger partial charge in [-0.2, -0.15) is 0 Å². The van der Waals surface area contributed by atoms with Gasteiger partial charge in [-0.25, -0.2) is 0 Å². The molecule has 0 saturated carbocycles. The fourth-order valence-electron chi connectivity index (χ4n) is 5.61. The van der Waals surface area contributed by atoms with E-state index in [1.807, 2.05) is 0 Å². The summed E-state index contributed by atoms with van der Waals surface area (Å²) in [5.74, 6) is 0. The van der Waals surface area contributed by atoms with Gasteiger partial charge in [0.05, 0.1) is 26.4 Å². The molecule has 4 aliphatic heterocycles. The molecule has 45 heavy (non-hydrogen) atoms. The molecule has 21 heteroatoms. The van der Waals surface area contributed by atoms with Crippen LogP contribution in [-0.4, -0.2) is 221 Å². The van der Waals surface area contributed by atoms with Crippen molar-refractivity contribution in [3.63, 3.8) is 0 Å². The lowest BCUT2D eigenvalue weighted by Gasteiger charge is -2.49. The van der Waals surface area contributed by atoms with Gasteiger partial charge < -0.3 is 105 Å². The van der Waals surface area contributed by atoms with Gasteiger partial charge in [-0.05, 0) is 0 Å². The van der Waals surface area contributed by atoms with Crippen molar-refractivity contribution in [1.29, 1.82) is 0 Å². The zero-order valence-electron chi connectivity index (χ0n) is 23.5. The summed E-state index contributed by atoms with van der Waals surface area (Å²) in [6, 6.07) is 0. The van der Waals surface area contributed by atoms with Crippen LogP contribution in [0.25, 0.3) is 0 Å². The van der Waals surface area contributed by atoms with Crippen LogP contribution < -0.4 is 0 Å². The first-order valence-corrected chi connectivity index (χ1v) is 14.1. The maximum absolute atomic E-state index is 11.1. The van der Waals surface area contributed by atoms with Crippen molar-refractivity contribution < 1.29 is 105 Å². The van der Waals surface area contributed by atoms with Crippen molar-refractivity contribution in [2.45, 2.75) is 123 Å². The summed E-state index contributed by atoms with van der Waals surface area (Å²) in [5, 5.41) is 143. The molecule has 0 spiro atoms. The summed E-state index contributed by atoms with van der Waals surface area (Å²) in [4.78, 5) is 0. The summed E-state index contributed by atoms with van der Waals surface area (Å²) in [5.41, 5.74) is 0. The molecule has 0 aromatic heterocycles. The third-order valence-corrected chi connectivity index (χ3v) is 8.22. The number of hydrogen-bond acceptors (Lipinski definition) is 21. The van der Waals surface area contributed by atoms with Gasteiger partial charge in [0.15, 0.2) is 25.2 Å². The predicted octanol–water partition coefficient (Wildman–Crippen LogP) is -9.75. The quantitative estimate of drug-likeness (QED) is 0.103. The Kier molecular flexibility index (Phi) is 12.8. The minimum absolute atomic E-state index is 0.835. The standard InChI is InChI=1S/C24H42O21/c25-1-5-9(29)19(15(35)23(41-5)44-17-7(3-27)39-21(37)13(33)11(17)31)43-20-10(30)6(2-26)42-24(16(20)36)45-18-8(4-28)40-22(38)14(34)12(18)32/h5-38H,1-4H2/t5-,6-,7-,8-,9-,10-,11-,12-,13-,14-,15-,16-,17-,18-,19+,20+,21-,22-,23-,24-/m1/s1. The SMILES string of the molecule is OC[C@H]1O[C@H](O[C@H]2[C@H](O)[C@@H](O)[C@H](O)O[C@@H]2CO)[C@H](O)[C@@H](O[C@@H]2[C@@H](O)[C@@H](O[C@H]3[C@H](O)[C@@H](O)[C@H](O)O[C@@H]3CO)O[C@H](CO)[C@H]2O)[C@@H]1O. The van der Waals surface area contributed by atoms with Gasteiger partial charge in [0.25, 0.3) is 0 Å². The van der Waals surface area contributed by atoms with E-state index in [1.54, 1.807) is 0 Å². The Morgan fingerprint density at radius 1 is 0.333 bits per heavy atom. The van der Waals surface area contributed by atoms with E-state index in [-0.39, 0.29) is 0 Å². The second-order valence-electron chi connectivity index (χ2n) is 11.1. The van der Waals surface area contributed by atoms with E-state index >= 15 is 0 Å². The molecule has 0 amide bonds. The Labute approximate surface area is 254 Å². The highest BCUT2D eigenvalue weighted by Gasteiger charge is 2.55. The van der Waals surface area contributed by atoms with E-state index in [1.165, 1.54) is 0 Å². The fourth-order valence-corrected chi connectivity index (χ4v) is 5.61. The lowest BCUT2D eigenvalue weighted by molar-refractivity contribution is -0.379. The number of ether oxygens (including phenoxy) is 7. The molecule has 0 aromatic carbocycles. The lowest BCUT2D eigenvalue weighted by Crippen LogP contribution is -2.68. The molecule has 0 bridgehead atoms. The maximum atomic E-state index is 11.1. The Hall–Kier alpha value is -0.840. The molecule has 0 unspecified atom stereocenters. The molecule has 0 aromatic rings. The zero-order valence-corrected chi connectivity index (χ0v) is 23.5. The van der Waals surface area contributed by atoms with Gasteiger partial charge >= 0.3 is 0 Å². The lowest BCUT2D eigenvalue weighted by atomic mass is 9.94. The molecule has 4 fully saturated rings. The second-order valence-corrected chi connectivity index (χ2v) is 11.1. The molecule has 21 nitrogen and oxygen atoms in total. The van der Waals surface area contributed by atoms with Crippen molar-refractivity contribution in [3.05, 3.63) is 0 Å². The minimum atomic E-state index is -2.04. The van der Waals surface area contributed by atoms with Crippen molar-refractivity contribution in [3.8, 4) is 0 Å². The van der Waals surface area contributed by atoms with Gasteiger partial charge in [-0.15, -0.1) is 0 Å². The van der Waals surface area contributed by atoms with E-state index in [0.717, 1.165) is 0 Å². The van der Waals surface area contributed by atoms with Crippen LogP contribution in [0.15, 0.2) is 0 Å². The molecule has 14 N–H and O–H groups in total. The van der Waals surface area contributed by atoms with Crippen LogP contribution >= 0.6 is 0 Å². The molecule has 4 heterocycles. The fraction of sp³-hybridized carbons (Fsp3) is 1.00. The van der Waals surface area contributed by atoms with E-state index in [2.05, 4.69) is 0 Å². The Bertz CT molecular complexity index is 844. The molecular weight excluding hydrogens is 624 g/mol. The average Bonchev–Trinajstić information content (AvgIpc) is 3.02. The van der Waals surface area contributed by atoms with E-state index in [4.69, 9.17) is 33.2 Å². The van der Waals surface area contributed by atoms with Crippen LogP contribution in [0.1, 0.15) is 0 Å². The van der Waals surface area contributed by atoms with Crippen LogP contribution in [0.3, 0.4) is 0 Å². The summed E-state index contributed by atoms with van der Waals surface area (Å²) >= 11 is 0. The highest BCUT2D eigenvalue weighted by molar-refractivity contribution is 4.98. The van der Waals surface area contributed by atoms with Gasteiger partial charge in [-0.1, -0.05) is 0 Å². The molecule has 4 aliphatic rings. The van der Waals surface area contributed by atoms with Crippen LogP contribution in [0.2, 0.25) is 0 Å². The van der Waals surface area contributed by atoms with Gasteiger partial charge in [0.2, 0.25) is 0 Å². The third kappa shape index (κ3) is 7.44. The molecule has 264 valence electrons. The van der Waals surface area contributed by atoms with Crippen molar-refractivity contribution in [2.75, 3.05) is 26.4 Å². The minimum Gasteiger partial charge on any atom is -0.394 e. The predicted molar refractivity (Wildman–Crippen MR) is 134 cm³/mol. The van der Waals surface area contributed by atoms with Crippen LogP contribution in [0, 0.1) is 0 Å². The number of aliphatic hydroxyl groups is 14. The molecule has 20 atom stereocenters.